The summed E-state index contributed by atoms with van der Waals surface area (Å²) in [6.07, 6.45) is 0. The van der Waals surface area contributed by atoms with E-state index in [1.54, 1.807) is 7.11 Å². The zero-order valence-electron chi connectivity index (χ0n) is 33.2. The number of nitrogens with zero attached hydrogens (tertiary/aromatic N) is 2. The van der Waals surface area contributed by atoms with Crippen LogP contribution in [0.3, 0.4) is 0 Å². The molecule has 3 aromatic heterocycles. The molecule has 4 nitrogen and oxygen atoms in total. The Morgan fingerprint density at radius 3 is 1.52 bits per heavy atom. The lowest BCUT2D eigenvalue weighted by Gasteiger charge is -2.16. The quantitative estimate of drug-likeness (QED) is 0.169. The van der Waals surface area contributed by atoms with Crippen LogP contribution in [0, 0.1) is 6.92 Å². The molecule has 60 heavy (non-hydrogen) atoms. The monoisotopic (exact) mass is 770 g/mol. The summed E-state index contributed by atoms with van der Waals surface area (Å²) >= 11 is 0. The van der Waals surface area contributed by atoms with E-state index in [-0.39, 0.29) is 0 Å². The molecule has 0 aliphatic heterocycles. The van der Waals surface area contributed by atoms with Gasteiger partial charge in [0.2, 0.25) is 0 Å². The predicted octanol–water partition coefficient (Wildman–Crippen LogP) is 15.1. The molecule has 0 saturated carbocycles. The van der Waals surface area contributed by atoms with Crippen LogP contribution in [0.25, 0.3) is 110 Å². The Hall–Kier alpha value is -7.82. The van der Waals surface area contributed by atoms with Gasteiger partial charge in [0, 0.05) is 60.9 Å². The van der Waals surface area contributed by atoms with E-state index in [0.29, 0.717) is 0 Å². The number of fused-ring (bicyclic) bond motifs is 9. The van der Waals surface area contributed by atoms with Gasteiger partial charge >= 0.3 is 0 Å². The highest BCUT2D eigenvalue weighted by Gasteiger charge is 2.18. The van der Waals surface area contributed by atoms with Gasteiger partial charge in [-0.2, -0.15) is 0 Å². The Bertz CT molecular complexity index is 3590. The predicted molar refractivity (Wildman–Crippen MR) is 250 cm³/mol. The summed E-state index contributed by atoms with van der Waals surface area (Å²) in [5, 5.41) is 7.15. The Balaban J connectivity index is 0.930. The van der Waals surface area contributed by atoms with Crippen LogP contribution >= 0.6 is 0 Å². The number of furan rings is 1. The Morgan fingerprint density at radius 2 is 0.867 bits per heavy atom. The second-order valence-corrected chi connectivity index (χ2v) is 15.8. The zero-order valence-corrected chi connectivity index (χ0v) is 33.2. The van der Waals surface area contributed by atoms with Crippen LogP contribution in [0.5, 0.6) is 5.75 Å². The van der Waals surface area contributed by atoms with Crippen LogP contribution in [-0.2, 0) is 0 Å². The normalized spacial score (nSPS) is 11.8. The van der Waals surface area contributed by atoms with Crippen molar-refractivity contribution in [1.82, 2.24) is 9.13 Å². The molecule has 9 aromatic carbocycles. The standard InChI is InChI=1S/C56H38N2O2/c1-35-30-46(36-12-4-3-5-13-36)56(59-2)47(31-35)37-20-24-40(25-21-37)57-52-19-11-8-16-44(52)48-32-38(22-28-53(48)57)39-23-29-54-49(33-39)45-27-26-41(34-55(45)60-54)58-50-17-9-6-14-42(50)43-15-7-10-18-51(43)58/h3-34H,1-2H3. The molecule has 0 aliphatic rings. The smallest absolute Gasteiger partial charge is 0.137 e. The first-order valence-corrected chi connectivity index (χ1v) is 20.4. The average Bonchev–Trinajstić information content (AvgIpc) is 3.96. The fraction of sp³-hybridized carbons (Fsp3) is 0.0357. The lowest BCUT2D eigenvalue weighted by Crippen LogP contribution is -1.96. The number of hydrogen-bond donors (Lipinski definition) is 0. The van der Waals surface area contributed by atoms with Crippen molar-refractivity contribution in [2.75, 3.05) is 7.11 Å². The minimum absolute atomic E-state index is 0.878. The highest BCUT2D eigenvalue weighted by Crippen LogP contribution is 2.42. The first-order valence-electron chi connectivity index (χ1n) is 20.4. The van der Waals surface area contributed by atoms with E-state index in [0.717, 1.165) is 66.9 Å². The van der Waals surface area contributed by atoms with E-state index < -0.39 is 0 Å². The maximum Gasteiger partial charge on any atom is 0.137 e. The first-order chi connectivity index (χ1) is 29.6. The van der Waals surface area contributed by atoms with Crippen molar-refractivity contribution in [2.24, 2.45) is 0 Å². The summed E-state index contributed by atoms with van der Waals surface area (Å²) < 4.78 is 17.3. The van der Waals surface area contributed by atoms with Crippen molar-refractivity contribution in [3.8, 4) is 50.5 Å². The second-order valence-electron chi connectivity index (χ2n) is 15.8. The van der Waals surface area contributed by atoms with Gasteiger partial charge in [0.25, 0.3) is 0 Å². The summed E-state index contributed by atoms with van der Waals surface area (Å²) in [5.41, 5.74) is 16.6. The molecule has 0 bridgehead atoms. The Kier molecular flexibility index (Phi) is 7.63. The van der Waals surface area contributed by atoms with Gasteiger partial charge < -0.3 is 18.3 Å². The SMILES string of the molecule is COc1c(-c2ccccc2)cc(C)cc1-c1ccc(-n2c3ccccc3c3cc(-c4ccc5oc6cc(-n7c8ccccc8c8ccccc87)ccc6c5c4)ccc32)cc1. The van der Waals surface area contributed by atoms with E-state index in [2.05, 4.69) is 204 Å². The van der Waals surface area contributed by atoms with Gasteiger partial charge in [0.05, 0.1) is 29.2 Å². The maximum absolute atomic E-state index is 6.54. The number of para-hydroxylation sites is 3. The summed E-state index contributed by atoms with van der Waals surface area (Å²) in [4.78, 5) is 0. The number of methoxy groups -OCH3 is 1. The van der Waals surface area contributed by atoms with Crippen LogP contribution in [0.15, 0.2) is 199 Å². The summed E-state index contributed by atoms with van der Waals surface area (Å²) in [5.74, 6) is 0.884. The molecule has 0 N–H and O–H groups in total. The van der Waals surface area contributed by atoms with Gasteiger partial charge in [0.15, 0.2) is 0 Å². The largest absolute Gasteiger partial charge is 0.495 e. The zero-order chi connectivity index (χ0) is 39.9. The van der Waals surface area contributed by atoms with E-state index in [4.69, 9.17) is 9.15 Å². The van der Waals surface area contributed by atoms with Gasteiger partial charge in [-0.1, -0.05) is 109 Å². The molecule has 0 unspecified atom stereocenters. The minimum atomic E-state index is 0.878. The molecule has 0 saturated heterocycles. The third-order valence-electron chi connectivity index (χ3n) is 12.3. The molecule has 3 heterocycles. The van der Waals surface area contributed by atoms with E-state index >= 15 is 0 Å². The molecule has 12 aromatic rings. The summed E-state index contributed by atoms with van der Waals surface area (Å²) in [7, 11) is 1.76. The summed E-state index contributed by atoms with van der Waals surface area (Å²) in [6.45, 7) is 2.15. The van der Waals surface area contributed by atoms with Crippen molar-refractivity contribution in [3.05, 3.63) is 200 Å². The number of hydrogen-bond acceptors (Lipinski definition) is 2. The second kappa shape index (κ2) is 13.4. The molecule has 0 atom stereocenters. The Labute approximate surface area is 346 Å². The highest BCUT2D eigenvalue weighted by atomic mass is 16.5. The van der Waals surface area contributed by atoms with E-state index in [1.807, 2.05) is 6.07 Å². The molecule has 0 spiro atoms. The van der Waals surface area contributed by atoms with Crippen LogP contribution in [0.1, 0.15) is 5.56 Å². The van der Waals surface area contributed by atoms with Gasteiger partial charge in [-0.3, -0.25) is 0 Å². The fourth-order valence-electron chi connectivity index (χ4n) is 9.55. The van der Waals surface area contributed by atoms with Gasteiger partial charge in [0.1, 0.15) is 16.9 Å². The molecular weight excluding hydrogens is 733 g/mol. The lowest BCUT2D eigenvalue weighted by molar-refractivity contribution is 0.418. The molecule has 0 amide bonds. The number of ether oxygens (including phenoxy) is 1. The molecule has 284 valence electrons. The maximum atomic E-state index is 6.54. The minimum Gasteiger partial charge on any atom is -0.495 e. The number of aromatic nitrogens is 2. The van der Waals surface area contributed by atoms with Gasteiger partial charge in [-0.15, -0.1) is 0 Å². The van der Waals surface area contributed by atoms with Crippen molar-refractivity contribution < 1.29 is 9.15 Å². The van der Waals surface area contributed by atoms with Gasteiger partial charge in [-0.05, 0) is 114 Å². The van der Waals surface area contributed by atoms with Crippen molar-refractivity contribution in [2.45, 2.75) is 6.92 Å². The third-order valence-corrected chi connectivity index (χ3v) is 12.3. The summed E-state index contributed by atoms with van der Waals surface area (Å²) in [6, 6.07) is 69.8. The van der Waals surface area contributed by atoms with Crippen molar-refractivity contribution in [1.29, 1.82) is 0 Å². The number of rotatable bonds is 6. The van der Waals surface area contributed by atoms with E-state index in [1.165, 1.54) is 54.7 Å². The molecule has 0 aliphatic carbocycles. The number of benzene rings is 9. The van der Waals surface area contributed by atoms with Crippen molar-refractivity contribution >= 4 is 65.6 Å². The molecular formula is C56H38N2O2. The fourth-order valence-corrected chi connectivity index (χ4v) is 9.55. The number of aryl methyl sites for hydroxylation is 1. The third kappa shape index (κ3) is 5.24. The molecule has 12 rings (SSSR count). The van der Waals surface area contributed by atoms with Gasteiger partial charge in [-0.25, -0.2) is 0 Å². The van der Waals surface area contributed by atoms with E-state index in [9.17, 15) is 0 Å². The highest BCUT2D eigenvalue weighted by molar-refractivity contribution is 6.12. The van der Waals surface area contributed by atoms with Crippen LogP contribution in [0.2, 0.25) is 0 Å². The molecule has 4 heteroatoms. The topological polar surface area (TPSA) is 32.2 Å². The average molecular weight is 771 g/mol. The Morgan fingerprint density at radius 1 is 0.367 bits per heavy atom. The molecule has 0 radical (unpaired) electrons. The lowest BCUT2D eigenvalue weighted by atomic mass is 9.94. The van der Waals surface area contributed by atoms with Crippen LogP contribution < -0.4 is 4.74 Å². The van der Waals surface area contributed by atoms with Crippen LogP contribution in [0.4, 0.5) is 0 Å². The molecule has 0 fully saturated rings. The first kappa shape index (κ1) is 34.2. The van der Waals surface area contributed by atoms with Crippen LogP contribution in [-0.4, -0.2) is 16.2 Å². The van der Waals surface area contributed by atoms with Crippen molar-refractivity contribution in [3.63, 3.8) is 0 Å².